The Labute approximate surface area is 280 Å². The van der Waals surface area contributed by atoms with Crippen LogP contribution in [-0.2, 0) is 54.5 Å². The van der Waals surface area contributed by atoms with E-state index in [0.29, 0.717) is 38.8 Å². The predicted octanol–water partition coefficient (Wildman–Crippen LogP) is 2.33. The fourth-order valence-corrected chi connectivity index (χ4v) is 4.58. The van der Waals surface area contributed by atoms with Gasteiger partial charge in [0, 0.05) is 49.9 Å². The average Bonchev–Trinajstić information content (AvgIpc) is 3.68. The molecule has 0 unspecified atom stereocenters. The monoisotopic (exact) mass is 758 g/mol. The number of aryl methyl sites for hydroxylation is 1. The van der Waals surface area contributed by atoms with Crippen LogP contribution in [0.15, 0.2) is 60.7 Å². The number of imide groups is 3. The molecule has 0 aromatic heterocycles. The summed E-state index contributed by atoms with van der Waals surface area (Å²) >= 11 is 1.93. The van der Waals surface area contributed by atoms with Crippen LogP contribution in [0.1, 0.15) is 54.4 Å². The van der Waals surface area contributed by atoms with E-state index in [0.717, 1.165) is 10.5 Å². The van der Waals surface area contributed by atoms with E-state index in [1.165, 1.54) is 36.4 Å². The lowest BCUT2D eigenvalue weighted by Gasteiger charge is -2.14. The van der Waals surface area contributed by atoms with Crippen LogP contribution in [0.5, 0.6) is 0 Å². The molecule has 2 aromatic carbocycles. The molecule has 7 amide bonds. The van der Waals surface area contributed by atoms with E-state index >= 15 is 0 Å². The van der Waals surface area contributed by atoms with E-state index in [1.54, 1.807) is 24.3 Å². The van der Waals surface area contributed by atoms with Crippen LogP contribution in [0.4, 0.5) is 11.4 Å². The van der Waals surface area contributed by atoms with E-state index in [1.807, 2.05) is 22.6 Å². The van der Waals surface area contributed by atoms with Crippen LogP contribution in [0.2, 0.25) is 0 Å². The molecule has 0 atom stereocenters. The molecule has 2 aromatic rings. The first-order valence-corrected chi connectivity index (χ1v) is 15.7. The van der Waals surface area contributed by atoms with Crippen molar-refractivity contribution in [1.29, 1.82) is 0 Å². The number of nitrogens with zero attached hydrogens (tertiary/aromatic N) is 3. The van der Waals surface area contributed by atoms with Crippen molar-refractivity contribution in [2.45, 2.75) is 44.9 Å². The maximum Gasteiger partial charge on any atom is 0.363 e. The summed E-state index contributed by atoms with van der Waals surface area (Å²) in [5, 5.41) is 3.66. The minimum absolute atomic E-state index is 0.0490. The number of halogens is 1. The molecule has 3 heterocycles. The van der Waals surface area contributed by atoms with Gasteiger partial charge in [0.15, 0.2) is 0 Å². The summed E-state index contributed by atoms with van der Waals surface area (Å²) in [6.07, 6.45) is 3.77. The summed E-state index contributed by atoms with van der Waals surface area (Å²) < 4.78 is 0.320. The Morgan fingerprint density at radius 2 is 1.21 bits per heavy atom. The second-order valence-electron chi connectivity index (χ2n) is 10.1. The number of anilines is 2. The maximum atomic E-state index is 11.8. The second kappa shape index (κ2) is 15.8. The molecule has 15 nitrogen and oxygen atoms in total. The van der Waals surface area contributed by atoms with Gasteiger partial charge in [-0.3, -0.25) is 33.6 Å². The first-order valence-electron chi connectivity index (χ1n) is 14.2. The van der Waals surface area contributed by atoms with Gasteiger partial charge in [0.1, 0.15) is 0 Å². The highest BCUT2D eigenvalue weighted by Crippen LogP contribution is 2.21. The van der Waals surface area contributed by atoms with Crippen molar-refractivity contribution in [1.82, 2.24) is 10.1 Å². The lowest BCUT2D eigenvalue weighted by atomic mass is 10.1. The Kier molecular flexibility index (Phi) is 11.7. The molecule has 0 aliphatic carbocycles. The van der Waals surface area contributed by atoms with Crippen LogP contribution in [0.25, 0.3) is 0 Å². The highest BCUT2D eigenvalue weighted by molar-refractivity contribution is 14.1. The second-order valence-corrected chi connectivity index (χ2v) is 10.9. The van der Waals surface area contributed by atoms with Gasteiger partial charge in [0.05, 0.1) is 15.7 Å². The highest BCUT2D eigenvalue weighted by atomic mass is 127. The molecule has 47 heavy (non-hydrogen) atoms. The topological polar surface area (TPSA) is 194 Å². The number of hydroxylamine groups is 4. The molecule has 16 heteroatoms. The number of hydrogen-bond acceptors (Lipinski definition) is 11. The van der Waals surface area contributed by atoms with Gasteiger partial charge in [-0.25, -0.2) is 14.5 Å². The third-order valence-electron chi connectivity index (χ3n) is 6.75. The van der Waals surface area contributed by atoms with Crippen molar-refractivity contribution in [3.63, 3.8) is 0 Å². The summed E-state index contributed by atoms with van der Waals surface area (Å²) in [5.41, 5.74) is 2.12. The van der Waals surface area contributed by atoms with Gasteiger partial charge in [-0.05, 0) is 54.8 Å². The molecule has 5 rings (SSSR count). The van der Waals surface area contributed by atoms with Gasteiger partial charge >= 0.3 is 11.9 Å². The number of hydrogen-bond donors (Lipinski definition) is 1. The van der Waals surface area contributed by atoms with Crippen molar-refractivity contribution in [2.24, 2.45) is 0 Å². The molecule has 0 bridgehead atoms. The summed E-state index contributed by atoms with van der Waals surface area (Å²) in [6.45, 7) is 0. The lowest BCUT2D eigenvalue weighted by Crippen LogP contribution is -2.32. The smallest absolute Gasteiger partial charge is 0.330 e. The van der Waals surface area contributed by atoms with Crippen molar-refractivity contribution >= 4 is 87.3 Å². The zero-order chi connectivity index (χ0) is 34.1. The normalized spacial score (nSPS) is 15.6. The van der Waals surface area contributed by atoms with Crippen LogP contribution >= 0.6 is 22.6 Å². The van der Waals surface area contributed by atoms with E-state index < -0.39 is 35.6 Å². The highest BCUT2D eigenvalue weighted by Gasteiger charge is 2.34. The molecule has 0 saturated carbocycles. The van der Waals surface area contributed by atoms with E-state index in [-0.39, 0.29) is 55.4 Å². The minimum atomic E-state index is -0.801. The third kappa shape index (κ3) is 9.15. The standard InChI is InChI=1S/C18H16N2O6.C13H11IN2O5/c21-14-8-9-15(22)19(14)13-6-4-12(5-7-13)2-1-3-18(25)26-20-16(23)10-11-17(20)24;14-7-10(17)15-9-3-1-8(2-4-9)13(20)21-16-11(18)5-6-12(16)19/h4-9H,1-3,10-11H2;1-4H,5-7H2,(H,15,17). The minimum Gasteiger partial charge on any atom is -0.330 e. The third-order valence-corrected chi connectivity index (χ3v) is 7.45. The molecule has 2 saturated heterocycles. The van der Waals surface area contributed by atoms with E-state index in [4.69, 9.17) is 9.68 Å². The molecule has 244 valence electrons. The average molecular weight is 758 g/mol. The molecule has 3 aliphatic heterocycles. The first-order chi connectivity index (χ1) is 22.5. The Morgan fingerprint density at radius 3 is 1.72 bits per heavy atom. The van der Waals surface area contributed by atoms with Gasteiger partial charge in [0.2, 0.25) is 5.91 Å². The maximum absolute atomic E-state index is 11.8. The fourth-order valence-electron chi connectivity index (χ4n) is 4.39. The van der Waals surface area contributed by atoms with Crippen molar-refractivity contribution in [3.05, 3.63) is 71.8 Å². The zero-order valence-corrected chi connectivity index (χ0v) is 26.8. The fraction of sp³-hybridized carbons (Fsp3) is 0.258. The summed E-state index contributed by atoms with van der Waals surface area (Å²) in [5.74, 6) is -4.40. The first kappa shape index (κ1) is 34.6. The molecular formula is C31H27IN4O11. The number of amides is 7. The van der Waals surface area contributed by atoms with E-state index in [9.17, 15) is 43.2 Å². The molecule has 3 aliphatic rings. The predicted molar refractivity (Wildman–Crippen MR) is 169 cm³/mol. The van der Waals surface area contributed by atoms with Crippen LogP contribution in [-0.4, -0.2) is 67.8 Å². The van der Waals surface area contributed by atoms with Crippen LogP contribution < -0.4 is 10.2 Å². The number of nitrogens with one attached hydrogen (secondary N) is 1. The number of alkyl halides is 1. The Hall–Kier alpha value is -5.26. The van der Waals surface area contributed by atoms with Gasteiger partial charge in [-0.2, -0.15) is 0 Å². The Bertz CT molecular complexity index is 1600. The molecule has 2 fully saturated rings. The Balaban J connectivity index is 0.000000218. The SMILES string of the molecule is O=C(CCCc1ccc(N2C(=O)C=CC2=O)cc1)ON1C(=O)CCC1=O.O=C(CI)Nc1ccc(C(=O)ON2C(=O)CCC2=O)cc1. The van der Waals surface area contributed by atoms with Crippen molar-refractivity contribution in [2.75, 3.05) is 14.6 Å². The van der Waals surface area contributed by atoms with Gasteiger partial charge in [-0.15, -0.1) is 10.1 Å². The van der Waals surface area contributed by atoms with Crippen molar-refractivity contribution < 1.29 is 52.8 Å². The number of rotatable bonds is 10. The number of carbonyl (C=O) groups is 9. The van der Waals surface area contributed by atoms with Gasteiger partial charge in [-0.1, -0.05) is 34.7 Å². The van der Waals surface area contributed by atoms with Crippen LogP contribution in [0, 0.1) is 0 Å². The largest absolute Gasteiger partial charge is 0.363 e. The van der Waals surface area contributed by atoms with Crippen molar-refractivity contribution in [3.8, 4) is 0 Å². The quantitative estimate of drug-likeness (QED) is 0.212. The zero-order valence-electron chi connectivity index (χ0n) is 24.6. The van der Waals surface area contributed by atoms with Gasteiger partial charge < -0.3 is 15.0 Å². The molecule has 0 spiro atoms. The molecule has 1 N–H and O–H groups in total. The van der Waals surface area contributed by atoms with E-state index in [2.05, 4.69) is 5.32 Å². The number of benzene rings is 2. The molecular weight excluding hydrogens is 731 g/mol. The van der Waals surface area contributed by atoms with Gasteiger partial charge in [0.25, 0.3) is 35.4 Å². The summed E-state index contributed by atoms with van der Waals surface area (Å²) in [6, 6.07) is 12.8. The summed E-state index contributed by atoms with van der Waals surface area (Å²) in [4.78, 5) is 114. The number of carbonyl (C=O) groups excluding carboxylic acids is 9. The Morgan fingerprint density at radius 1 is 0.702 bits per heavy atom. The molecule has 0 radical (unpaired) electrons. The van der Waals surface area contributed by atoms with Crippen LogP contribution in [0.3, 0.4) is 0 Å². The lowest BCUT2D eigenvalue weighted by molar-refractivity contribution is -0.197. The summed E-state index contributed by atoms with van der Waals surface area (Å²) in [7, 11) is 0.